The number of halogens is 2. The zero-order valence-electron chi connectivity index (χ0n) is 13.7. The van der Waals surface area contributed by atoms with E-state index in [2.05, 4.69) is 80.0 Å². The van der Waals surface area contributed by atoms with Crippen molar-refractivity contribution in [2.45, 2.75) is 58.2 Å². The Bertz CT molecular complexity index is 624. The van der Waals surface area contributed by atoms with Crippen LogP contribution in [-0.2, 0) is 0 Å². The third-order valence-electron chi connectivity index (χ3n) is 4.91. The molecule has 0 fully saturated rings. The second kappa shape index (κ2) is 6.09. The van der Waals surface area contributed by atoms with E-state index in [1.165, 1.54) is 15.4 Å². The third kappa shape index (κ3) is 2.62. The van der Waals surface area contributed by atoms with E-state index in [1.807, 2.05) is 6.07 Å². The molecule has 4 heteroatoms. The van der Waals surface area contributed by atoms with Gasteiger partial charge < -0.3 is 4.23 Å². The monoisotopic (exact) mass is 385 g/mol. The zero-order valence-corrected chi connectivity index (χ0v) is 17.1. The predicted octanol–water partition coefficient (Wildman–Crippen LogP) is 7.08. The Balaban J connectivity index is 2.86. The van der Waals surface area contributed by atoms with Crippen LogP contribution in [0.25, 0.3) is 10.9 Å². The molecule has 116 valence electrons. The van der Waals surface area contributed by atoms with E-state index in [-0.39, 0.29) is 0 Å². The molecule has 0 radical (unpaired) electrons. The minimum atomic E-state index is -1.74. The summed E-state index contributed by atoms with van der Waals surface area (Å²) < 4.78 is 3.77. The van der Waals surface area contributed by atoms with Gasteiger partial charge in [-0.3, -0.25) is 0 Å². The van der Waals surface area contributed by atoms with Crippen molar-refractivity contribution in [2.24, 2.45) is 0 Å². The van der Waals surface area contributed by atoms with E-state index in [0.717, 1.165) is 5.02 Å². The molecule has 0 aliphatic rings. The molecular formula is C17H25BrClNSi. The van der Waals surface area contributed by atoms with Crippen molar-refractivity contribution in [3.63, 3.8) is 0 Å². The van der Waals surface area contributed by atoms with Crippen LogP contribution >= 0.6 is 27.5 Å². The van der Waals surface area contributed by atoms with E-state index in [0.29, 0.717) is 16.6 Å². The van der Waals surface area contributed by atoms with Gasteiger partial charge in [-0.1, -0.05) is 59.2 Å². The minimum absolute atomic E-state index is 0.666. The number of nitrogens with zero attached hydrogens (tertiary/aromatic N) is 1. The van der Waals surface area contributed by atoms with Crippen LogP contribution in [0.2, 0.25) is 21.6 Å². The topological polar surface area (TPSA) is 4.93 Å². The number of aromatic nitrogens is 1. The van der Waals surface area contributed by atoms with Gasteiger partial charge in [0, 0.05) is 26.6 Å². The molecule has 0 atom stereocenters. The Labute approximate surface area is 142 Å². The molecular weight excluding hydrogens is 362 g/mol. The summed E-state index contributed by atoms with van der Waals surface area (Å²) in [7, 11) is -1.74. The molecule has 0 N–H and O–H groups in total. The van der Waals surface area contributed by atoms with Crippen LogP contribution in [0, 0.1) is 0 Å². The Morgan fingerprint density at radius 1 is 1.00 bits per heavy atom. The van der Waals surface area contributed by atoms with Gasteiger partial charge in [-0.15, -0.1) is 0 Å². The van der Waals surface area contributed by atoms with Crippen molar-refractivity contribution < 1.29 is 0 Å². The van der Waals surface area contributed by atoms with Crippen LogP contribution in [0.1, 0.15) is 41.5 Å². The average Bonchev–Trinajstić information content (AvgIpc) is 2.66. The van der Waals surface area contributed by atoms with Crippen LogP contribution < -0.4 is 0 Å². The summed E-state index contributed by atoms with van der Waals surface area (Å²) in [4.78, 5) is 0. The van der Waals surface area contributed by atoms with Crippen molar-refractivity contribution in [2.75, 3.05) is 0 Å². The molecule has 1 nitrogen and oxygen atoms in total. The summed E-state index contributed by atoms with van der Waals surface area (Å²) in [6.45, 7) is 14.3. The predicted molar refractivity (Wildman–Crippen MR) is 101 cm³/mol. The molecule has 2 aromatic rings. The summed E-state index contributed by atoms with van der Waals surface area (Å²) in [5.41, 5.74) is 3.27. The molecule has 0 saturated heterocycles. The van der Waals surface area contributed by atoms with Gasteiger partial charge in [-0.2, -0.15) is 0 Å². The molecule has 1 aromatic carbocycles. The van der Waals surface area contributed by atoms with Crippen molar-refractivity contribution in [1.29, 1.82) is 0 Å². The molecule has 0 bridgehead atoms. The second-order valence-electron chi connectivity index (χ2n) is 6.86. The molecule has 0 aliphatic carbocycles. The van der Waals surface area contributed by atoms with Crippen LogP contribution in [0.4, 0.5) is 0 Å². The highest BCUT2D eigenvalue weighted by atomic mass is 79.9. The Morgan fingerprint density at radius 3 is 2.00 bits per heavy atom. The second-order valence-corrected chi connectivity index (χ2v) is 13.9. The van der Waals surface area contributed by atoms with E-state index in [9.17, 15) is 0 Å². The van der Waals surface area contributed by atoms with Gasteiger partial charge in [0.1, 0.15) is 0 Å². The zero-order chi connectivity index (χ0) is 15.9. The van der Waals surface area contributed by atoms with Crippen LogP contribution in [0.15, 0.2) is 28.9 Å². The lowest BCUT2D eigenvalue weighted by atomic mass is 10.2. The molecule has 0 aliphatic heterocycles. The molecule has 1 aromatic heterocycles. The third-order valence-corrected chi connectivity index (χ3v) is 12.5. The number of hydrogen-bond donors (Lipinski definition) is 0. The van der Waals surface area contributed by atoms with Gasteiger partial charge in [-0.25, -0.2) is 0 Å². The number of benzene rings is 1. The van der Waals surface area contributed by atoms with E-state index < -0.39 is 8.24 Å². The van der Waals surface area contributed by atoms with Crippen molar-refractivity contribution >= 4 is 46.7 Å². The first-order chi connectivity index (χ1) is 9.72. The Hall–Kier alpha value is -0.253. The lowest BCUT2D eigenvalue weighted by Gasteiger charge is -2.44. The number of fused-ring (bicyclic) bond motifs is 1. The summed E-state index contributed by atoms with van der Waals surface area (Å²) in [5.74, 6) is 0. The lowest BCUT2D eigenvalue weighted by Crippen LogP contribution is -2.51. The number of hydrogen-bond acceptors (Lipinski definition) is 0. The van der Waals surface area contributed by atoms with Crippen LogP contribution in [-0.4, -0.2) is 12.5 Å². The highest BCUT2D eigenvalue weighted by molar-refractivity contribution is 9.10. The number of rotatable bonds is 4. The maximum Gasteiger partial charge on any atom is 0.169 e. The fraction of sp³-hybridized carbons (Fsp3) is 0.529. The Morgan fingerprint density at radius 2 is 1.52 bits per heavy atom. The fourth-order valence-electron chi connectivity index (χ4n) is 4.31. The van der Waals surface area contributed by atoms with Crippen molar-refractivity contribution in [3.8, 4) is 0 Å². The van der Waals surface area contributed by atoms with Gasteiger partial charge in [0.25, 0.3) is 0 Å². The van der Waals surface area contributed by atoms with Gasteiger partial charge in [0.05, 0.1) is 0 Å². The molecule has 0 saturated carbocycles. The smallest absolute Gasteiger partial charge is 0.169 e. The molecule has 2 rings (SSSR count). The summed E-state index contributed by atoms with van der Waals surface area (Å²) in [6.07, 6.45) is 2.30. The fourth-order valence-corrected chi connectivity index (χ4v) is 11.8. The molecule has 21 heavy (non-hydrogen) atoms. The van der Waals surface area contributed by atoms with Crippen molar-refractivity contribution in [1.82, 2.24) is 4.23 Å². The van der Waals surface area contributed by atoms with E-state index >= 15 is 0 Å². The SMILES string of the molecule is CC(C)[Si](C(C)C)(C(C)C)n1cc(Br)c2ccc(Cl)cc21. The van der Waals surface area contributed by atoms with Crippen molar-refractivity contribution in [3.05, 3.63) is 33.9 Å². The molecule has 0 spiro atoms. The average molecular weight is 387 g/mol. The standard InChI is InChI=1S/C17H25BrClNSi/c1-11(2)21(12(3)4,13(5)6)20-10-16(18)15-8-7-14(19)9-17(15)20/h7-13H,1-6H3. The quantitative estimate of drug-likeness (QED) is 0.495. The Kier molecular flexibility index (Phi) is 4.96. The first-order valence-electron chi connectivity index (χ1n) is 7.69. The minimum Gasteiger partial charge on any atom is -0.372 e. The normalized spacial score (nSPS) is 13.1. The van der Waals surface area contributed by atoms with Gasteiger partial charge in [0.2, 0.25) is 0 Å². The van der Waals surface area contributed by atoms with E-state index in [4.69, 9.17) is 11.6 Å². The van der Waals surface area contributed by atoms with Gasteiger partial charge in [0.15, 0.2) is 8.24 Å². The maximum atomic E-state index is 6.28. The lowest BCUT2D eigenvalue weighted by molar-refractivity contribution is 0.772. The summed E-state index contributed by atoms with van der Waals surface area (Å²) >= 11 is 10.0. The summed E-state index contributed by atoms with van der Waals surface area (Å²) in [5, 5.41) is 2.08. The molecule has 0 amide bonds. The molecule has 1 heterocycles. The first-order valence-corrected chi connectivity index (χ1v) is 11.0. The molecule has 0 unspecified atom stereocenters. The summed E-state index contributed by atoms with van der Waals surface area (Å²) in [6, 6.07) is 6.22. The van der Waals surface area contributed by atoms with Gasteiger partial charge >= 0.3 is 0 Å². The first kappa shape index (κ1) is 17.1. The van der Waals surface area contributed by atoms with Crippen LogP contribution in [0.3, 0.4) is 0 Å². The van der Waals surface area contributed by atoms with E-state index in [1.54, 1.807) is 0 Å². The van der Waals surface area contributed by atoms with Crippen LogP contribution in [0.5, 0.6) is 0 Å². The largest absolute Gasteiger partial charge is 0.372 e. The maximum absolute atomic E-state index is 6.28. The highest BCUT2D eigenvalue weighted by Crippen LogP contribution is 2.45. The van der Waals surface area contributed by atoms with Gasteiger partial charge in [-0.05, 0) is 44.7 Å². The highest BCUT2D eigenvalue weighted by Gasteiger charge is 2.45.